The lowest BCUT2D eigenvalue weighted by molar-refractivity contribution is 0.0909. The van der Waals surface area contributed by atoms with Crippen molar-refractivity contribution in [3.05, 3.63) is 66.2 Å². The van der Waals surface area contributed by atoms with Crippen molar-refractivity contribution >= 4 is 46.3 Å². The lowest BCUT2D eigenvalue weighted by atomic mass is 10.0. The highest BCUT2D eigenvalue weighted by atomic mass is 32.2. The number of anilines is 3. The number of hydrogen-bond acceptors (Lipinski definition) is 9. The summed E-state index contributed by atoms with van der Waals surface area (Å²) >= 11 is 0. The number of nitrogens with one attached hydrogen (secondary N) is 1. The Morgan fingerprint density at radius 3 is 2.61 bits per heavy atom. The fourth-order valence-electron chi connectivity index (χ4n) is 6.38. The van der Waals surface area contributed by atoms with E-state index in [2.05, 4.69) is 44.1 Å². The molecule has 0 spiro atoms. The molecular weight excluding hydrogens is 662 g/mol. The van der Waals surface area contributed by atoms with Gasteiger partial charge in [-0.2, -0.15) is 0 Å². The van der Waals surface area contributed by atoms with E-state index in [-0.39, 0.29) is 18.5 Å². The average molecular weight is 710 g/mol. The molecule has 4 aromatic rings. The van der Waals surface area contributed by atoms with Crippen LogP contribution in [0.15, 0.2) is 54.9 Å². The highest BCUT2D eigenvalue weighted by Crippen LogP contribution is 2.35. The van der Waals surface area contributed by atoms with E-state index in [1.807, 2.05) is 28.8 Å². The number of halogens is 1. The molecule has 2 aromatic heterocycles. The zero-order valence-electron chi connectivity index (χ0n) is 28.9. The Hall–Kier alpha value is -3.56. The summed E-state index contributed by atoms with van der Waals surface area (Å²) < 4.78 is 59.1. The van der Waals surface area contributed by atoms with E-state index < -0.39 is 29.2 Å². The number of ether oxygens (including phenoxy) is 2. The van der Waals surface area contributed by atoms with Crippen LogP contribution in [0.3, 0.4) is 0 Å². The van der Waals surface area contributed by atoms with Crippen molar-refractivity contribution in [2.24, 2.45) is 5.73 Å². The molecule has 1 unspecified atom stereocenters. The molecule has 0 bridgehead atoms. The van der Waals surface area contributed by atoms with Crippen LogP contribution in [0.25, 0.3) is 22.3 Å². The van der Waals surface area contributed by atoms with Crippen molar-refractivity contribution in [1.29, 1.82) is 0 Å². The lowest BCUT2D eigenvalue weighted by Gasteiger charge is -2.33. The first kappa shape index (κ1) is 35.3. The number of fused-ring (bicyclic) bond motifs is 1. The van der Waals surface area contributed by atoms with Crippen LogP contribution in [0.5, 0.6) is 0 Å². The number of morpholine rings is 1. The van der Waals surface area contributed by atoms with Gasteiger partial charge in [0.05, 0.1) is 30.0 Å². The number of aromatic nitrogens is 3. The first-order valence-corrected chi connectivity index (χ1v) is 22.3. The second-order valence-corrected chi connectivity index (χ2v) is 21.9. The zero-order valence-corrected chi connectivity index (χ0v) is 30.7. The molecule has 0 radical (unpaired) electrons. The molecule has 2 aromatic carbocycles. The van der Waals surface area contributed by atoms with E-state index in [0.717, 1.165) is 48.9 Å². The number of nitrogens with zero attached hydrogens (tertiary/aromatic N) is 5. The quantitative estimate of drug-likeness (QED) is 0.138. The van der Waals surface area contributed by atoms with Crippen LogP contribution in [0.2, 0.25) is 25.7 Å². The summed E-state index contributed by atoms with van der Waals surface area (Å²) in [4.78, 5) is 13.6. The standard InChI is InChI=1S/C35H48FN7O4SSi/c1-25(26-7-5-9-29(19-26)42-12-6-8-28(37)22-42)48(44,45)40-32-11-10-27(20-31(32)36)33-21-30-34(41-13-15-46-16-14-41)38-23-39-35(30)43(33)24-47-17-18-49(2,3)4/h5,7,9-11,19-21,23,25,28,40H,6,8,12-18,22,24,37H2,1-4H3/t25?,28-/m1/s1. The fraction of sp³-hybridized carbons (Fsp3) is 0.486. The maximum absolute atomic E-state index is 15.8. The van der Waals surface area contributed by atoms with Crippen LogP contribution in [-0.4, -0.2) is 83.1 Å². The normalized spacial score (nSPS) is 18.2. The van der Waals surface area contributed by atoms with Crippen molar-refractivity contribution in [2.75, 3.05) is 60.5 Å². The largest absolute Gasteiger partial charge is 0.378 e. The summed E-state index contributed by atoms with van der Waals surface area (Å²) in [6, 6.07) is 15.1. The van der Waals surface area contributed by atoms with Crippen LogP contribution < -0.4 is 20.3 Å². The van der Waals surface area contributed by atoms with Gasteiger partial charge in [0.1, 0.15) is 35.6 Å². The molecular formula is C35H48FN7O4SSi. The van der Waals surface area contributed by atoms with Gasteiger partial charge in [-0.15, -0.1) is 0 Å². The summed E-state index contributed by atoms with van der Waals surface area (Å²) in [5, 5.41) is -0.0843. The van der Waals surface area contributed by atoms with Gasteiger partial charge >= 0.3 is 0 Å². The van der Waals surface area contributed by atoms with Crippen molar-refractivity contribution in [3.63, 3.8) is 0 Å². The van der Waals surface area contributed by atoms with Gasteiger partial charge in [0.15, 0.2) is 0 Å². The van der Waals surface area contributed by atoms with Gasteiger partial charge < -0.3 is 29.6 Å². The Bertz CT molecular complexity index is 1880. The first-order valence-electron chi connectivity index (χ1n) is 17.1. The minimum Gasteiger partial charge on any atom is -0.378 e. The Morgan fingerprint density at radius 2 is 1.88 bits per heavy atom. The number of piperidine rings is 1. The highest BCUT2D eigenvalue weighted by molar-refractivity contribution is 7.92. The van der Waals surface area contributed by atoms with Gasteiger partial charge in [-0.25, -0.2) is 22.8 Å². The van der Waals surface area contributed by atoms with E-state index in [0.29, 0.717) is 55.4 Å². The third kappa shape index (κ3) is 8.26. The molecule has 264 valence electrons. The molecule has 6 rings (SSSR count). The van der Waals surface area contributed by atoms with Gasteiger partial charge in [0.25, 0.3) is 0 Å². The fourth-order valence-corrected chi connectivity index (χ4v) is 8.29. The van der Waals surface area contributed by atoms with Crippen molar-refractivity contribution in [1.82, 2.24) is 14.5 Å². The van der Waals surface area contributed by atoms with Gasteiger partial charge in [-0.05, 0) is 61.7 Å². The average Bonchev–Trinajstić information content (AvgIpc) is 3.46. The van der Waals surface area contributed by atoms with Gasteiger partial charge in [0, 0.05) is 58.2 Å². The molecule has 2 atom stereocenters. The summed E-state index contributed by atoms with van der Waals surface area (Å²) in [7, 11) is -5.30. The van der Waals surface area contributed by atoms with E-state index in [1.54, 1.807) is 25.4 Å². The second-order valence-electron chi connectivity index (χ2n) is 14.3. The Morgan fingerprint density at radius 1 is 1.08 bits per heavy atom. The van der Waals surface area contributed by atoms with Crippen LogP contribution >= 0.6 is 0 Å². The first-order chi connectivity index (χ1) is 23.4. The summed E-state index contributed by atoms with van der Waals surface area (Å²) in [5.41, 5.74) is 9.59. The number of rotatable bonds is 12. The summed E-state index contributed by atoms with van der Waals surface area (Å²) in [6.07, 6.45) is 3.52. The summed E-state index contributed by atoms with van der Waals surface area (Å²) in [5.74, 6) is 0.113. The number of sulfonamides is 1. The van der Waals surface area contributed by atoms with Crippen LogP contribution in [0.1, 0.15) is 30.6 Å². The van der Waals surface area contributed by atoms with E-state index in [4.69, 9.17) is 15.2 Å². The lowest BCUT2D eigenvalue weighted by Crippen LogP contribution is -2.42. The topological polar surface area (TPSA) is 128 Å². The van der Waals surface area contributed by atoms with E-state index >= 15 is 4.39 Å². The molecule has 2 saturated heterocycles. The monoisotopic (exact) mass is 709 g/mol. The molecule has 4 heterocycles. The number of nitrogens with two attached hydrogens (primary N) is 1. The second kappa shape index (κ2) is 14.7. The molecule has 2 fully saturated rings. The minimum absolute atomic E-state index is 0.0923. The smallest absolute Gasteiger partial charge is 0.239 e. The molecule has 14 heteroatoms. The molecule has 0 aliphatic carbocycles. The molecule has 0 amide bonds. The molecule has 11 nitrogen and oxygen atoms in total. The van der Waals surface area contributed by atoms with Crippen LogP contribution in [0, 0.1) is 5.82 Å². The Balaban J connectivity index is 1.27. The summed E-state index contributed by atoms with van der Waals surface area (Å²) in [6.45, 7) is 13.6. The molecule has 2 aliphatic rings. The SMILES string of the molecule is CC(c1cccc(N2CCC[C@@H](N)C2)c1)S(=O)(=O)Nc1ccc(-c2cc3c(N4CCOCC4)ncnc3n2COCC[Si](C)(C)C)cc1F. The van der Waals surface area contributed by atoms with E-state index in [9.17, 15) is 8.42 Å². The highest BCUT2D eigenvalue weighted by Gasteiger charge is 2.26. The molecule has 0 saturated carbocycles. The number of benzene rings is 2. The van der Waals surface area contributed by atoms with Gasteiger partial charge in [-0.1, -0.05) is 37.8 Å². The van der Waals surface area contributed by atoms with E-state index in [1.165, 1.54) is 12.1 Å². The van der Waals surface area contributed by atoms with Gasteiger partial charge in [0.2, 0.25) is 10.0 Å². The predicted molar refractivity (Wildman–Crippen MR) is 197 cm³/mol. The van der Waals surface area contributed by atoms with Crippen LogP contribution in [-0.2, 0) is 26.2 Å². The molecule has 3 N–H and O–H groups in total. The van der Waals surface area contributed by atoms with Gasteiger partial charge in [-0.3, -0.25) is 4.72 Å². The third-order valence-electron chi connectivity index (χ3n) is 9.34. The molecule has 2 aliphatic heterocycles. The maximum atomic E-state index is 15.8. The third-order valence-corrected chi connectivity index (χ3v) is 12.8. The molecule has 49 heavy (non-hydrogen) atoms. The van der Waals surface area contributed by atoms with Crippen molar-refractivity contribution in [3.8, 4) is 11.3 Å². The van der Waals surface area contributed by atoms with Crippen molar-refractivity contribution in [2.45, 2.75) is 63.5 Å². The maximum Gasteiger partial charge on any atom is 0.239 e. The Labute approximate surface area is 289 Å². The zero-order chi connectivity index (χ0) is 34.8. The number of hydrogen-bond donors (Lipinski definition) is 2. The minimum atomic E-state index is -3.99. The van der Waals surface area contributed by atoms with Crippen LogP contribution in [0.4, 0.5) is 21.6 Å². The predicted octanol–water partition coefficient (Wildman–Crippen LogP) is 5.82. The van der Waals surface area contributed by atoms with Crippen molar-refractivity contribution < 1.29 is 22.3 Å². The Kier molecular flexibility index (Phi) is 10.6.